The summed E-state index contributed by atoms with van der Waals surface area (Å²) in [5.74, 6) is -2.64. The topological polar surface area (TPSA) is 32.3 Å². The number of piperidine rings is 1. The molecule has 0 aliphatic carbocycles. The van der Waals surface area contributed by atoms with Crippen molar-refractivity contribution in [1.29, 1.82) is 0 Å². The van der Waals surface area contributed by atoms with E-state index in [1.807, 2.05) is 0 Å². The molecular weight excluding hydrogens is 190 g/mol. The van der Waals surface area contributed by atoms with Crippen LogP contribution in [0.25, 0.3) is 0 Å². The van der Waals surface area contributed by atoms with Gasteiger partial charge in [-0.3, -0.25) is 4.79 Å². The fraction of sp³-hybridized carbons (Fsp3) is 0.889. The molecule has 2 saturated heterocycles. The first-order chi connectivity index (χ1) is 6.58. The molecule has 0 radical (unpaired) electrons. The number of alkyl halides is 2. The SMILES string of the molecule is O=C1CCCN1[C@H]1CNCC(F)(F)C1. The second-order valence-corrected chi connectivity index (χ2v) is 4.04. The maximum atomic E-state index is 13.0. The second kappa shape index (κ2) is 3.46. The van der Waals surface area contributed by atoms with Crippen molar-refractivity contribution >= 4 is 5.91 Å². The van der Waals surface area contributed by atoms with Crippen LogP contribution in [0.3, 0.4) is 0 Å². The van der Waals surface area contributed by atoms with Gasteiger partial charge >= 0.3 is 0 Å². The van der Waals surface area contributed by atoms with Gasteiger partial charge in [0.1, 0.15) is 0 Å². The summed E-state index contributed by atoms with van der Waals surface area (Å²) in [5.41, 5.74) is 0. The van der Waals surface area contributed by atoms with Crippen LogP contribution in [0.2, 0.25) is 0 Å². The van der Waals surface area contributed by atoms with Gasteiger partial charge in [-0.05, 0) is 6.42 Å². The molecule has 0 unspecified atom stereocenters. The highest BCUT2D eigenvalue weighted by atomic mass is 19.3. The van der Waals surface area contributed by atoms with Crippen LogP contribution < -0.4 is 5.32 Å². The van der Waals surface area contributed by atoms with Crippen LogP contribution in [0, 0.1) is 0 Å². The van der Waals surface area contributed by atoms with Gasteiger partial charge in [0.2, 0.25) is 5.91 Å². The van der Waals surface area contributed by atoms with Crippen molar-refractivity contribution in [2.75, 3.05) is 19.6 Å². The number of rotatable bonds is 1. The largest absolute Gasteiger partial charge is 0.338 e. The van der Waals surface area contributed by atoms with E-state index < -0.39 is 5.92 Å². The lowest BCUT2D eigenvalue weighted by atomic mass is 10.0. The zero-order valence-electron chi connectivity index (χ0n) is 7.93. The van der Waals surface area contributed by atoms with Crippen molar-refractivity contribution in [3.05, 3.63) is 0 Å². The van der Waals surface area contributed by atoms with E-state index in [2.05, 4.69) is 5.32 Å². The summed E-state index contributed by atoms with van der Waals surface area (Å²) >= 11 is 0. The average molecular weight is 204 g/mol. The van der Waals surface area contributed by atoms with Crippen LogP contribution in [0.4, 0.5) is 8.78 Å². The smallest absolute Gasteiger partial charge is 0.262 e. The van der Waals surface area contributed by atoms with Crippen molar-refractivity contribution < 1.29 is 13.6 Å². The summed E-state index contributed by atoms with van der Waals surface area (Å²) in [5, 5.41) is 2.68. The molecule has 1 amide bonds. The zero-order chi connectivity index (χ0) is 10.2. The minimum atomic E-state index is -2.66. The minimum Gasteiger partial charge on any atom is -0.338 e. The van der Waals surface area contributed by atoms with Gasteiger partial charge in [0.25, 0.3) is 5.92 Å². The fourth-order valence-electron chi connectivity index (χ4n) is 2.19. The molecule has 0 spiro atoms. The van der Waals surface area contributed by atoms with Crippen molar-refractivity contribution in [1.82, 2.24) is 10.2 Å². The summed E-state index contributed by atoms with van der Waals surface area (Å²) in [6, 6.07) is -0.311. The highest BCUT2D eigenvalue weighted by Crippen LogP contribution is 2.27. The number of halogens is 2. The number of nitrogens with zero attached hydrogens (tertiary/aromatic N) is 1. The zero-order valence-corrected chi connectivity index (χ0v) is 7.93. The number of hydrogen-bond donors (Lipinski definition) is 1. The van der Waals surface area contributed by atoms with E-state index in [1.165, 1.54) is 0 Å². The molecule has 2 aliphatic rings. The molecule has 80 valence electrons. The summed E-state index contributed by atoms with van der Waals surface area (Å²) in [6.07, 6.45) is 1.13. The third-order valence-corrected chi connectivity index (χ3v) is 2.85. The molecule has 0 aromatic rings. The Hall–Kier alpha value is -0.710. The standard InChI is InChI=1S/C9H14F2N2O/c10-9(11)4-7(5-12-6-9)13-3-1-2-8(13)14/h7,12H,1-6H2/t7-/m1/s1. The van der Waals surface area contributed by atoms with Gasteiger partial charge in [-0.2, -0.15) is 0 Å². The van der Waals surface area contributed by atoms with Crippen LogP contribution in [0.15, 0.2) is 0 Å². The molecule has 0 saturated carbocycles. The van der Waals surface area contributed by atoms with Gasteiger partial charge in [0, 0.05) is 32.0 Å². The van der Waals surface area contributed by atoms with Gasteiger partial charge in [-0.15, -0.1) is 0 Å². The molecule has 2 aliphatic heterocycles. The van der Waals surface area contributed by atoms with Crippen molar-refractivity contribution in [3.63, 3.8) is 0 Å². The summed E-state index contributed by atoms with van der Waals surface area (Å²) in [7, 11) is 0. The van der Waals surface area contributed by atoms with E-state index in [0.717, 1.165) is 6.42 Å². The molecule has 1 atom stereocenters. The van der Waals surface area contributed by atoms with E-state index in [4.69, 9.17) is 0 Å². The maximum absolute atomic E-state index is 13.0. The Labute approximate surface area is 81.4 Å². The molecule has 0 aromatic carbocycles. The Kier molecular flexibility index (Phi) is 2.43. The third kappa shape index (κ3) is 1.87. The van der Waals surface area contributed by atoms with Crippen LogP contribution >= 0.6 is 0 Å². The van der Waals surface area contributed by atoms with Crippen LogP contribution in [0.1, 0.15) is 19.3 Å². The molecule has 0 aromatic heterocycles. The molecule has 2 fully saturated rings. The van der Waals surface area contributed by atoms with E-state index >= 15 is 0 Å². The maximum Gasteiger partial charge on any atom is 0.262 e. The number of carbonyl (C=O) groups excluding carboxylic acids is 1. The van der Waals surface area contributed by atoms with Crippen LogP contribution in [-0.4, -0.2) is 42.4 Å². The molecular formula is C9H14F2N2O. The molecule has 2 heterocycles. The van der Waals surface area contributed by atoms with Crippen LogP contribution in [-0.2, 0) is 4.79 Å². The first-order valence-electron chi connectivity index (χ1n) is 4.96. The Bertz CT molecular complexity index is 245. The van der Waals surface area contributed by atoms with Gasteiger partial charge in [-0.25, -0.2) is 8.78 Å². The fourth-order valence-corrected chi connectivity index (χ4v) is 2.19. The highest BCUT2D eigenvalue weighted by molar-refractivity contribution is 5.78. The molecule has 2 rings (SSSR count). The van der Waals surface area contributed by atoms with E-state index in [1.54, 1.807) is 4.90 Å². The van der Waals surface area contributed by atoms with Crippen molar-refractivity contribution in [2.45, 2.75) is 31.2 Å². The molecule has 5 heteroatoms. The van der Waals surface area contributed by atoms with Gasteiger partial charge in [-0.1, -0.05) is 0 Å². The predicted octanol–water partition coefficient (Wildman–Crippen LogP) is 0.606. The summed E-state index contributed by atoms with van der Waals surface area (Å²) < 4.78 is 26.1. The number of likely N-dealkylation sites (tertiary alicyclic amines) is 1. The van der Waals surface area contributed by atoms with E-state index in [-0.39, 0.29) is 24.9 Å². The third-order valence-electron chi connectivity index (χ3n) is 2.85. The lowest BCUT2D eigenvalue weighted by Crippen LogP contribution is -2.53. The monoisotopic (exact) mass is 204 g/mol. The predicted molar refractivity (Wildman–Crippen MR) is 47.2 cm³/mol. The van der Waals surface area contributed by atoms with Gasteiger partial charge in [0.15, 0.2) is 0 Å². The Balaban J connectivity index is 2.00. The van der Waals surface area contributed by atoms with Gasteiger partial charge in [0.05, 0.1) is 6.54 Å². The number of nitrogens with one attached hydrogen (secondary N) is 1. The lowest BCUT2D eigenvalue weighted by Gasteiger charge is -2.35. The normalized spacial score (nSPS) is 32.3. The Morgan fingerprint density at radius 1 is 1.50 bits per heavy atom. The first kappa shape index (κ1) is 9.83. The molecule has 14 heavy (non-hydrogen) atoms. The number of hydrogen-bond acceptors (Lipinski definition) is 2. The average Bonchev–Trinajstić information content (AvgIpc) is 2.49. The first-order valence-corrected chi connectivity index (χ1v) is 4.96. The Morgan fingerprint density at radius 3 is 2.86 bits per heavy atom. The van der Waals surface area contributed by atoms with E-state index in [0.29, 0.717) is 19.5 Å². The Morgan fingerprint density at radius 2 is 2.29 bits per heavy atom. The number of amides is 1. The minimum absolute atomic E-state index is 0.0227. The summed E-state index contributed by atoms with van der Waals surface area (Å²) in [4.78, 5) is 12.9. The highest BCUT2D eigenvalue weighted by Gasteiger charge is 2.40. The lowest BCUT2D eigenvalue weighted by molar-refractivity contribution is -0.132. The van der Waals surface area contributed by atoms with Crippen molar-refractivity contribution in [3.8, 4) is 0 Å². The quantitative estimate of drug-likeness (QED) is 0.678. The van der Waals surface area contributed by atoms with Crippen LogP contribution in [0.5, 0.6) is 0 Å². The number of carbonyl (C=O) groups is 1. The molecule has 0 bridgehead atoms. The van der Waals surface area contributed by atoms with Crippen molar-refractivity contribution in [2.24, 2.45) is 0 Å². The van der Waals surface area contributed by atoms with E-state index in [9.17, 15) is 13.6 Å². The van der Waals surface area contributed by atoms with Gasteiger partial charge < -0.3 is 10.2 Å². The second-order valence-electron chi connectivity index (χ2n) is 4.04. The summed E-state index contributed by atoms with van der Waals surface area (Å²) in [6.45, 7) is 0.883. The molecule has 3 nitrogen and oxygen atoms in total. The molecule has 1 N–H and O–H groups in total.